The number of hydrogen-bond donors (Lipinski definition) is 11. The van der Waals surface area contributed by atoms with Crippen molar-refractivity contribution in [2.24, 2.45) is 5.16 Å². The Kier molecular flexibility index (Phi) is 15.2. The topological polar surface area (TPSA) is 373 Å². The van der Waals surface area contributed by atoms with Crippen molar-refractivity contribution < 1.29 is 86.7 Å². The van der Waals surface area contributed by atoms with Crippen LogP contribution in [0.1, 0.15) is 24.6 Å². The molecule has 3 aromatic rings. The molecule has 11 N–H and O–H groups in total. The molecule has 1 amide bonds. The molecular weight excluding hydrogens is 826 g/mol. The molecule has 0 spiro atoms. The normalized spacial score (nSPS) is 27.2. The SMILES string of the molecule is Cc1cc(=O)oc2cc(OCC(=O)NCCCCON=C[C@H]3OC(O[PH](O)(O)O[PH](O)(O)OCC4OC(n5ccc(=O)[nH]c5=O)C(O)[C@H]4O)[C@H](O)[C@@H](O)[C@H]3O)ccc12. The predicted molar refractivity (Wildman–Crippen MR) is 197 cm³/mol. The van der Waals surface area contributed by atoms with E-state index in [1.807, 2.05) is 4.98 Å². The van der Waals surface area contributed by atoms with Crippen molar-refractivity contribution in [2.75, 3.05) is 26.4 Å². The molecule has 5 rings (SSSR count). The molecule has 0 saturated carbocycles. The minimum atomic E-state index is -5.74. The van der Waals surface area contributed by atoms with Crippen molar-refractivity contribution in [3.8, 4) is 5.75 Å². The first-order valence-corrected chi connectivity index (χ1v) is 20.8. The number of aryl methyl sites for hydroxylation is 1. The number of nitrogens with one attached hydrogen (secondary N) is 2. The second kappa shape index (κ2) is 19.5. The van der Waals surface area contributed by atoms with Gasteiger partial charge in [0.2, 0.25) is 0 Å². The van der Waals surface area contributed by atoms with Crippen molar-refractivity contribution >= 4 is 39.4 Å². The van der Waals surface area contributed by atoms with Gasteiger partial charge in [-0.15, -0.1) is 0 Å². The van der Waals surface area contributed by atoms with Crippen LogP contribution in [0.15, 0.2) is 60.5 Å². The molecule has 2 aliphatic heterocycles. The minimum absolute atomic E-state index is 0.0174. The van der Waals surface area contributed by atoms with Gasteiger partial charge in [0.1, 0.15) is 11.3 Å². The molecule has 0 aliphatic carbocycles. The number of carbonyl (C=O) groups is 1. The number of fused-ring (bicyclic) bond motifs is 1. The monoisotopic (exact) mass is 870 g/mol. The Hall–Kier alpha value is -3.85. The van der Waals surface area contributed by atoms with Crippen LogP contribution in [0, 0.1) is 6.92 Å². The summed E-state index contributed by atoms with van der Waals surface area (Å²) in [5, 5.41) is 58.6. The van der Waals surface area contributed by atoms with E-state index in [1.165, 1.54) is 12.1 Å². The van der Waals surface area contributed by atoms with E-state index in [-0.39, 0.29) is 19.8 Å². The van der Waals surface area contributed by atoms with Crippen molar-refractivity contribution in [1.29, 1.82) is 0 Å². The molecule has 324 valence electrons. The third-order valence-corrected chi connectivity index (χ3v) is 11.8. The molecule has 2 aliphatic rings. The number of oxime groups is 1. The quantitative estimate of drug-likeness (QED) is 0.0192. The molecule has 2 fully saturated rings. The molecule has 0 bridgehead atoms. The summed E-state index contributed by atoms with van der Waals surface area (Å²) in [5.41, 5.74) is -1.18. The van der Waals surface area contributed by atoms with Gasteiger partial charge < -0.3 is 9.15 Å². The van der Waals surface area contributed by atoms with E-state index in [4.69, 9.17) is 32.5 Å². The fraction of sp³-hybridized carbons (Fsp3) is 0.516. The molecule has 9 atom stereocenters. The van der Waals surface area contributed by atoms with Gasteiger partial charge in [0, 0.05) is 17.5 Å². The number of nitrogens with zero attached hydrogens (tertiary/aromatic N) is 2. The van der Waals surface area contributed by atoms with Gasteiger partial charge in [-0.25, -0.2) is 4.79 Å². The van der Waals surface area contributed by atoms with E-state index >= 15 is 0 Å². The zero-order valence-corrected chi connectivity index (χ0v) is 32.3. The van der Waals surface area contributed by atoms with E-state index in [0.717, 1.165) is 34.0 Å². The standard InChI is InChI=1S/C31H44N4O21P2/c1-15-10-23(38)52-18-11-16(4-5-17(15)18)49-14-22(37)32-7-2-3-9-50-33-12-19-24(39)26(41)28(43)30(54-19)55-58(47,48)56-57(45,46)51-13-20-25(40)27(42)29(53-20)35-8-6-21(36)34-31(35)44/h4-6,8,10-12,19-20,24-30,39-43,45-48,57-58H,2-3,7,9,13-14H2,1H3,(H,32,37)(H,34,36,44)/t19-,20?,24+,25+,26+,27?,28-,29?,30?/m1/s1. The Morgan fingerprint density at radius 2 is 1.71 bits per heavy atom. The first-order chi connectivity index (χ1) is 27.3. The largest absolute Gasteiger partial charge is 0.0473 e. The number of benzene rings is 1. The van der Waals surface area contributed by atoms with Crippen LogP contribution in [0.2, 0.25) is 0 Å². The Bertz CT molecular complexity index is 2080. The number of amides is 1. The number of aromatic nitrogens is 2. The molecule has 0 radical (unpaired) electrons. The second-order valence-electron chi connectivity index (χ2n) is 13.0. The van der Waals surface area contributed by atoms with Gasteiger partial charge in [-0.3, -0.25) is 4.79 Å². The molecule has 58 heavy (non-hydrogen) atoms. The van der Waals surface area contributed by atoms with Gasteiger partial charge in [0.15, 0.2) is 6.61 Å². The van der Waals surface area contributed by atoms with Crippen LogP contribution in [0.3, 0.4) is 0 Å². The first-order valence-electron chi connectivity index (χ1n) is 17.4. The number of H-pyrrole nitrogens is 1. The number of aliphatic hydroxyl groups excluding tert-OH is 5. The van der Waals surface area contributed by atoms with E-state index in [0.29, 0.717) is 24.2 Å². The van der Waals surface area contributed by atoms with Crippen LogP contribution >= 0.6 is 16.3 Å². The van der Waals surface area contributed by atoms with Gasteiger partial charge in [0.25, 0.3) is 5.91 Å². The van der Waals surface area contributed by atoms with Crippen LogP contribution in [0.4, 0.5) is 0 Å². The molecule has 2 aromatic heterocycles. The molecule has 27 heteroatoms. The van der Waals surface area contributed by atoms with Gasteiger partial charge in [0.05, 0.1) is 0 Å². The number of aliphatic hydroxyl groups is 5. The molecular formula is C31H44N4O21P2. The average molecular weight is 871 g/mol. The van der Waals surface area contributed by atoms with Gasteiger partial charge in [-0.2, -0.15) is 0 Å². The Morgan fingerprint density at radius 1 is 0.948 bits per heavy atom. The van der Waals surface area contributed by atoms with Crippen LogP contribution in [-0.4, -0.2) is 142 Å². The molecule has 25 nitrogen and oxygen atoms in total. The zero-order valence-electron chi connectivity index (χ0n) is 30.3. The summed E-state index contributed by atoms with van der Waals surface area (Å²) in [7, 11) is -11.3. The van der Waals surface area contributed by atoms with Crippen molar-refractivity contribution in [3.05, 3.63) is 73.4 Å². The summed E-state index contributed by atoms with van der Waals surface area (Å²) >= 11 is 0. The van der Waals surface area contributed by atoms with Gasteiger partial charge in [-0.1, -0.05) is 0 Å². The fourth-order valence-corrected chi connectivity index (χ4v) is 8.35. The summed E-state index contributed by atoms with van der Waals surface area (Å²) in [4.78, 5) is 95.4. The van der Waals surface area contributed by atoms with Crippen LogP contribution in [0.5, 0.6) is 5.75 Å². The number of aromatic amines is 1. The van der Waals surface area contributed by atoms with Gasteiger partial charge >= 0.3 is 242 Å². The summed E-state index contributed by atoms with van der Waals surface area (Å²) in [6.45, 7) is 0.788. The molecule has 4 heterocycles. The minimum Gasteiger partial charge on any atom is -0.0473 e. The molecule has 2 saturated heterocycles. The van der Waals surface area contributed by atoms with Crippen molar-refractivity contribution in [1.82, 2.24) is 14.9 Å². The third kappa shape index (κ3) is 11.9. The summed E-state index contributed by atoms with van der Waals surface area (Å²) in [6, 6.07) is 7.18. The third-order valence-electron chi connectivity index (χ3n) is 8.60. The van der Waals surface area contributed by atoms with E-state index < -0.39 is 101 Å². The Balaban J connectivity index is 1.01. The fourth-order valence-electron chi connectivity index (χ4n) is 5.66. The smallest absolute Gasteiger partial charge is 0.0208 e. The predicted octanol–water partition coefficient (Wildman–Crippen LogP) is -3.81. The van der Waals surface area contributed by atoms with E-state index in [2.05, 4.69) is 14.8 Å². The van der Waals surface area contributed by atoms with Crippen LogP contribution in [0.25, 0.3) is 11.0 Å². The van der Waals surface area contributed by atoms with E-state index in [1.54, 1.807) is 19.1 Å². The van der Waals surface area contributed by atoms with Gasteiger partial charge in [-0.05, 0) is 24.6 Å². The molecule has 1 aromatic carbocycles. The van der Waals surface area contributed by atoms with Crippen LogP contribution < -0.4 is 26.9 Å². The maximum Gasteiger partial charge on any atom is 0.0208 e. The zero-order chi connectivity index (χ0) is 42.4. The van der Waals surface area contributed by atoms with E-state index in [9.17, 15) is 64.3 Å². The Labute approximate surface area is 326 Å². The van der Waals surface area contributed by atoms with Crippen LogP contribution in [-0.2, 0) is 32.5 Å². The number of unbranched alkanes of at least 4 members (excludes halogenated alkanes) is 1. The number of hydrogen-bond acceptors (Lipinski definition) is 22. The maximum absolute atomic E-state index is 12.2. The number of carbonyl (C=O) groups excluding carboxylic acids is 1. The first kappa shape index (κ1) is 45.2. The number of ether oxygens (including phenoxy) is 3. The summed E-state index contributed by atoms with van der Waals surface area (Å²) < 4.78 is 36.1. The average Bonchev–Trinajstić information content (AvgIpc) is 3.42. The maximum atomic E-state index is 12.2. The molecule has 4 unspecified atom stereocenters. The van der Waals surface area contributed by atoms with Crippen molar-refractivity contribution in [2.45, 2.75) is 75.0 Å². The summed E-state index contributed by atoms with van der Waals surface area (Å²) in [5.74, 6) is -0.0795. The number of rotatable bonds is 18. The Morgan fingerprint density at radius 3 is 2.45 bits per heavy atom. The summed E-state index contributed by atoms with van der Waals surface area (Å²) in [6.07, 6.45) is -13.7. The second-order valence-corrected chi connectivity index (χ2v) is 16.5. The van der Waals surface area contributed by atoms with Crippen molar-refractivity contribution in [3.63, 3.8) is 0 Å².